The van der Waals surface area contributed by atoms with Crippen LogP contribution in [0.4, 0.5) is 11.5 Å². The number of pyridine rings is 1. The van der Waals surface area contributed by atoms with Crippen molar-refractivity contribution in [3.05, 3.63) is 95.0 Å². The minimum atomic E-state index is -4.09. The molecule has 9 heteroatoms. The van der Waals surface area contributed by atoms with E-state index in [0.717, 1.165) is 4.31 Å². The number of Topliss-reactive ketones (excluding diaryl/α,β-unsaturated/α-hetero) is 1. The molecule has 3 aromatic rings. The third kappa shape index (κ3) is 3.32. The van der Waals surface area contributed by atoms with Crippen LogP contribution in [-0.4, -0.2) is 24.4 Å². The lowest BCUT2D eigenvalue weighted by Gasteiger charge is -2.19. The number of carbonyl (C=O) groups excluding carboxylic acids is 1. The van der Waals surface area contributed by atoms with Crippen LogP contribution in [0.3, 0.4) is 0 Å². The molecule has 8 nitrogen and oxygen atoms in total. The maximum absolute atomic E-state index is 13.3. The molecule has 0 saturated heterocycles. The number of fused-ring (bicyclic) bond motifs is 1. The number of nitrogens with zero attached hydrogens (tertiary/aromatic N) is 2. The molecular weight excluding hydrogens is 394 g/mol. The highest BCUT2D eigenvalue weighted by atomic mass is 32.2. The standard InChI is InChI=1S/C20H15N3O5S/c24-19-17-7-4-12-21-20(17)22(29(27,28)16-5-2-1-3-6-16)18(19)13-14-8-10-15(11-9-14)23(25)26/h1-13,23,25H. The molecule has 146 valence electrons. The van der Waals surface area contributed by atoms with Crippen LogP contribution >= 0.6 is 0 Å². The molecule has 1 aliphatic heterocycles. The maximum atomic E-state index is 13.3. The van der Waals surface area contributed by atoms with Crippen LogP contribution in [0.15, 0.2) is 83.5 Å². The molecule has 0 amide bonds. The fourth-order valence-electron chi connectivity index (χ4n) is 3.03. The lowest BCUT2D eigenvalue weighted by atomic mass is 10.1. The first-order valence-electron chi connectivity index (χ1n) is 8.55. The van der Waals surface area contributed by atoms with E-state index in [1.54, 1.807) is 24.3 Å². The van der Waals surface area contributed by atoms with Crippen molar-refractivity contribution in [2.75, 3.05) is 4.31 Å². The van der Waals surface area contributed by atoms with Gasteiger partial charge in [-0.05, 0) is 48.0 Å². The molecule has 4 rings (SSSR count). The summed E-state index contributed by atoms with van der Waals surface area (Å²) in [6.45, 7) is 0. The Morgan fingerprint density at radius 1 is 1.00 bits per heavy atom. The Kier molecular flexibility index (Phi) is 4.73. The van der Waals surface area contributed by atoms with E-state index in [2.05, 4.69) is 4.98 Å². The number of nitrogens with one attached hydrogen (secondary N) is 1. The van der Waals surface area contributed by atoms with Crippen LogP contribution in [0.1, 0.15) is 15.9 Å². The lowest BCUT2D eigenvalue weighted by Crippen LogP contribution is -2.99. The quantitative estimate of drug-likeness (QED) is 0.503. The van der Waals surface area contributed by atoms with Crippen molar-refractivity contribution in [1.82, 2.24) is 4.98 Å². The number of hydrogen-bond donors (Lipinski definition) is 2. The fraction of sp³-hybridized carbons (Fsp3) is 0. The van der Waals surface area contributed by atoms with Gasteiger partial charge in [0.05, 0.1) is 10.5 Å². The van der Waals surface area contributed by atoms with Crippen LogP contribution in [-0.2, 0) is 10.0 Å². The van der Waals surface area contributed by atoms with Crippen LogP contribution in [0.2, 0.25) is 0 Å². The van der Waals surface area contributed by atoms with Crippen LogP contribution in [0.25, 0.3) is 6.08 Å². The SMILES string of the molecule is O=C1C(=Cc2ccc([NH+]([O-])O)cc2)N(S(=O)(=O)c2ccccc2)c2ncccc21. The van der Waals surface area contributed by atoms with E-state index in [1.165, 1.54) is 54.7 Å². The summed E-state index contributed by atoms with van der Waals surface area (Å²) in [6.07, 6.45) is 2.83. The second-order valence-electron chi connectivity index (χ2n) is 6.24. The van der Waals surface area contributed by atoms with E-state index < -0.39 is 21.0 Å². The van der Waals surface area contributed by atoms with Gasteiger partial charge in [0.1, 0.15) is 5.70 Å². The van der Waals surface area contributed by atoms with Gasteiger partial charge < -0.3 is 5.21 Å². The van der Waals surface area contributed by atoms with E-state index in [1.807, 2.05) is 0 Å². The van der Waals surface area contributed by atoms with Crippen molar-refractivity contribution in [3.63, 3.8) is 0 Å². The summed E-state index contributed by atoms with van der Waals surface area (Å²) in [6, 6.07) is 16.6. The molecule has 1 unspecified atom stereocenters. The third-order valence-electron chi connectivity index (χ3n) is 4.42. The Bertz CT molecular complexity index is 1210. The Hall–Kier alpha value is -3.37. The normalized spacial score (nSPS) is 16.1. The summed E-state index contributed by atoms with van der Waals surface area (Å²) in [7, 11) is -4.09. The molecular formula is C20H15N3O5S. The number of rotatable bonds is 4. The Labute approximate surface area is 166 Å². The molecule has 0 aliphatic carbocycles. The van der Waals surface area contributed by atoms with Gasteiger partial charge in [-0.1, -0.05) is 18.2 Å². The number of benzene rings is 2. The topological polar surface area (TPSA) is 115 Å². The molecule has 2 N–H and O–H groups in total. The van der Waals surface area contributed by atoms with Crippen molar-refractivity contribution in [2.45, 2.75) is 4.90 Å². The summed E-state index contributed by atoms with van der Waals surface area (Å²) in [4.78, 5) is 17.1. The van der Waals surface area contributed by atoms with Crippen molar-refractivity contribution >= 4 is 33.4 Å². The number of ketones is 1. The van der Waals surface area contributed by atoms with E-state index in [4.69, 9.17) is 5.21 Å². The highest BCUT2D eigenvalue weighted by Crippen LogP contribution is 2.38. The summed E-state index contributed by atoms with van der Waals surface area (Å²) in [5.41, 5.74) is 0.675. The zero-order valence-corrected chi connectivity index (χ0v) is 15.7. The Balaban J connectivity index is 1.87. The van der Waals surface area contributed by atoms with Crippen LogP contribution in [0.5, 0.6) is 0 Å². The van der Waals surface area contributed by atoms with Crippen LogP contribution < -0.4 is 9.53 Å². The number of quaternary nitrogens is 1. The third-order valence-corrected chi connectivity index (χ3v) is 6.14. The molecule has 1 aromatic heterocycles. The van der Waals surface area contributed by atoms with Gasteiger partial charge in [-0.3, -0.25) is 4.79 Å². The van der Waals surface area contributed by atoms with Crippen LogP contribution in [0, 0.1) is 5.21 Å². The number of anilines is 1. The first-order chi connectivity index (χ1) is 13.9. The van der Waals surface area contributed by atoms with E-state index in [9.17, 15) is 18.4 Å². The second kappa shape index (κ2) is 7.22. The minimum Gasteiger partial charge on any atom is -0.595 e. The van der Waals surface area contributed by atoms with Crippen molar-refractivity contribution < 1.29 is 23.6 Å². The molecule has 1 atom stereocenters. The maximum Gasteiger partial charge on any atom is 0.270 e. The smallest absolute Gasteiger partial charge is 0.270 e. The minimum absolute atomic E-state index is 0.0263. The van der Waals surface area contributed by atoms with E-state index in [0.29, 0.717) is 5.56 Å². The van der Waals surface area contributed by atoms with Gasteiger partial charge in [0.25, 0.3) is 10.0 Å². The number of hydrogen-bond acceptors (Lipinski definition) is 6. The van der Waals surface area contributed by atoms with Crippen molar-refractivity contribution in [2.24, 2.45) is 0 Å². The number of carbonyl (C=O) groups is 1. The van der Waals surface area contributed by atoms with E-state index in [-0.39, 0.29) is 27.7 Å². The summed E-state index contributed by atoms with van der Waals surface area (Å²) in [5, 5.41) is 19.0. The zero-order valence-electron chi connectivity index (χ0n) is 14.9. The number of allylic oxidation sites excluding steroid dienone is 1. The van der Waals surface area contributed by atoms with Gasteiger partial charge in [-0.15, -0.1) is 0 Å². The van der Waals surface area contributed by atoms with Crippen molar-refractivity contribution in [3.8, 4) is 0 Å². The van der Waals surface area contributed by atoms with E-state index >= 15 is 0 Å². The first kappa shape index (κ1) is 19.0. The molecule has 0 radical (unpaired) electrons. The number of aromatic nitrogens is 1. The van der Waals surface area contributed by atoms with Crippen molar-refractivity contribution in [1.29, 1.82) is 0 Å². The molecule has 0 bridgehead atoms. The first-order valence-corrected chi connectivity index (χ1v) is 9.99. The molecule has 1 aliphatic rings. The summed E-state index contributed by atoms with van der Waals surface area (Å²) in [5.74, 6) is -0.440. The average molecular weight is 409 g/mol. The van der Waals surface area contributed by atoms with Gasteiger partial charge in [0.15, 0.2) is 11.5 Å². The molecule has 2 heterocycles. The molecule has 0 spiro atoms. The fourth-order valence-corrected chi connectivity index (χ4v) is 4.51. The molecule has 0 fully saturated rings. The van der Waals surface area contributed by atoms with Gasteiger partial charge in [-0.25, -0.2) is 22.9 Å². The number of sulfonamides is 1. The average Bonchev–Trinajstić information content (AvgIpc) is 3.01. The molecule has 29 heavy (non-hydrogen) atoms. The van der Waals surface area contributed by atoms with Gasteiger partial charge in [0, 0.05) is 18.3 Å². The Morgan fingerprint density at radius 2 is 1.69 bits per heavy atom. The summed E-state index contributed by atoms with van der Waals surface area (Å²) >= 11 is 0. The lowest BCUT2D eigenvalue weighted by molar-refractivity contribution is -0.991. The highest BCUT2D eigenvalue weighted by molar-refractivity contribution is 7.93. The predicted octanol–water partition coefficient (Wildman–Crippen LogP) is 1.92. The van der Waals surface area contributed by atoms with Gasteiger partial charge in [-0.2, -0.15) is 5.23 Å². The Morgan fingerprint density at radius 3 is 2.34 bits per heavy atom. The van der Waals surface area contributed by atoms with Gasteiger partial charge >= 0.3 is 0 Å². The van der Waals surface area contributed by atoms with Gasteiger partial charge in [0.2, 0.25) is 5.78 Å². The predicted molar refractivity (Wildman–Crippen MR) is 105 cm³/mol. The zero-order chi connectivity index (χ0) is 20.6. The highest BCUT2D eigenvalue weighted by Gasteiger charge is 2.41. The monoisotopic (exact) mass is 409 g/mol. The largest absolute Gasteiger partial charge is 0.595 e. The molecule has 0 saturated carbocycles. The molecule has 2 aromatic carbocycles. The summed E-state index contributed by atoms with van der Waals surface area (Å²) < 4.78 is 27.5. The second-order valence-corrected chi connectivity index (χ2v) is 8.03.